The summed E-state index contributed by atoms with van der Waals surface area (Å²) in [6, 6.07) is 1.26. The third-order valence-corrected chi connectivity index (χ3v) is 6.91. The summed E-state index contributed by atoms with van der Waals surface area (Å²) in [4.78, 5) is 24.4. The van der Waals surface area contributed by atoms with Gasteiger partial charge in [0.2, 0.25) is 0 Å². The van der Waals surface area contributed by atoms with Crippen molar-refractivity contribution in [3.8, 4) is 0 Å². The Balaban J connectivity index is 0.000000242. The molecule has 1 heterocycles. The van der Waals surface area contributed by atoms with E-state index in [2.05, 4.69) is 5.32 Å². The average Bonchev–Trinajstić information content (AvgIpc) is 3.23. The minimum absolute atomic E-state index is 0.485. The van der Waals surface area contributed by atoms with Gasteiger partial charge in [-0.3, -0.25) is 4.79 Å². The smallest absolute Gasteiger partial charge is 0.410 e. The molecule has 0 spiro atoms. The van der Waals surface area contributed by atoms with Crippen LogP contribution < -0.4 is 5.32 Å². The Hall–Kier alpha value is -1.34. The van der Waals surface area contributed by atoms with Crippen LogP contribution in [0.25, 0.3) is 0 Å². The number of amides is 1. The highest BCUT2D eigenvalue weighted by atomic mass is 16.6. The number of carbonyl (C=O) groups is 2. The summed E-state index contributed by atoms with van der Waals surface area (Å²) in [7, 11) is 0. The van der Waals surface area contributed by atoms with Crippen LogP contribution in [0.1, 0.15) is 105 Å². The number of nitrogens with one attached hydrogen (secondary N) is 1. The van der Waals surface area contributed by atoms with Crippen molar-refractivity contribution in [1.82, 2.24) is 10.2 Å². The lowest BCUT2D eigenvalue weighted by atomic mass is 9.91. The van der Waals surface area contributed by atoms with Gasteiger partial charge in [0.15, 0.2) is 0 Å². The van der Waals surface area contributed by atoms with Crippen LogP contribution in [0.4, 0.5) is 4.79 Å². The Morgan fingerprint density at radius 1 is 0.906 bits per heavy atom. The molecule has 0 radical (unpaired) electrons. The SMILES string of the molecule is C1CCC(NC2CCCCC2)CC1.C[C@@H](C(=O)O)[C@@H](O)[C@@H]1CCCN1C(=O)OC(C)(C)C. The molecule has 7 heteroatoms. The molecule has 0 bridgehead atoms. The fourth-order valence-electron chi connectivity index (χ4n) is 5.05. The molecule has 2 aliphatic carbocycles. The van der Waals surface area contributed by atoms with Crippen LogP contribution >= 0.6 is 0 Å². The molecule has 0 unspecified atom stereocenters. The van der Waals surface area contributed by atoms with Crippen LogP contribution in [0.2, 0.25) is 0 Å². The molecule has 0 aromatic carbocycles. The van der Waals surface area contributed by atoms with Gasteiger partial charge in [0.05, 0.1) is 18.1 Å². The fraction of sp³-hybridized carbons (Fsp3) is 0.920. The molecule has 3 aliphatic rings. The average molecular weight is 455 g/mol. The molecule has 186 valence electrons. The van der Waals surface area contributed by atoms with E-state index in [-0.39, 0.29) is 0 Å². The number of hydrogen-bond donors (Lipinski definition) is 3. The fourth-order valence-corrected chi connectivity index (χ4v) is 5.05. The Kier molecular flexibility index (Phi) is 10.7. The quantitative estimate of drug-likeness (QED) is 0.556. The number of carbonyl (C=O) groups excluding carboxylic acids is 1. The number of rotatable bonds is 5. The molecule has 3 rings (SSSR count). The second-order valence-corrected chi connectivity index (χ2v) is 10.8. The highest BCUT2D eigenvalue weighted by Gasteiger charge is 2.40. The lowest BCUT2D eigenvalue weighted by Crippen LogP contribution is -2.48. The van der Waals surface area contributed by atoms with Gasteiger partial charge in [0, 0.05) is 18.6 Å². The second kappa shape index (κ2) is 12.8. The van der Waals surface area contributed by atoms with Gasteiger partial charge in [-0.05, 0) is 66.2 Å². The van der Waals surface area contributed by atoms with Crippen molar-refractivity contribution in [3.05, 3.63) is 0 Å². The van der Waals surface area contributed by atoms with Crippen LogP contribution in [0.15, 0.2) is 0 Å². The number of likely N-dealkylation sites (tertiary alicyclic amines) is 1. The third-order valence-electron chi connectivity index (χ3n) is 6.91. The minimum atomic E-state index is -1.08. The largest absolute Gasteiger partial charge is 0.481 e. The van der Waals surface area contributed by atoms with Gasteiger partial charge >= 0.3 is 12.1 Å². The van der Waals surface area contributed by atoms with E-state index < -0.39 is 35.7 Å². The van der Waals surface area contributed by atoms with E-state index >= 15 is 0 Å². The van der Waals surface area contributed by atoms with Crippen molar-refractivity contribution in [3.63, 3.8) is 0 Å². The van der Waals surface area contributed by atoms with E-state index in [1.807, 2.05) is 0 Å². The van der Waals surface area contributed by atoms with Crippen LogP contribution in [0.3, 0.4) is 0 Å². The lowest BCUT2D eigenvalue weighted by molar-refractivity contribution is -0.146. The number of carboxylic acid groups (broad SMARTS) is 1. The van der Waals surface area contributed by atoms with Crippen LogP contribution in [0, 0.1) is 5.92 Å². The maximum atomic E-state index is 12.0. The first-order valence-corrected chi connectivity index (χ1v) is 12.7. The van der Waals surface area contributed by atoms with Crippen LogP contribution in [-0.2, 0) is 9.53 Å². The zero-order valence-corrected chi connectivity index (χ0v) is 20.6. The summed E-state index contributed by atoms with van der Waals surface area (Å²) >= 11 is 0. The molecular weight excluding hydrogens is 408 g/mol. The van der Waals surface area contributed by atoms with Gasteiger partial charge in [-0.15, -0.1) is 0 Å². The number of carboxylic acids is 1. The first-order valence-electron chi connectivity index (χ1n) is 12.7. The molecule has 0 aromatic rings. The van der Waals surface area contributed by atoms with Crippen molar-refractivity contribution >= 4 is 12.1 Å². The molecule has 1 amide bonds. The van der Waals surface area contributed by atoms with Crippen molar-refractivity contribution in [2.75, 3.05) is 6.54 Å². The van der Waals surface area contributed by atoms with Gasteiger partial charge < -0.3 is 25.2 Å². The summed E-state index contributed by atoms with van der Waals surface area (Å²) in [5, 5.41) is 22.9. The van der Waals surface area contributed by atoms with E-state index in [1.165, 1.54) is 76.0 Å². The van der Waals surface area contributed by atoms with Gasteiger partial charge in [-0.1, -0.05) is 38.5 Å². The third kappa shape index (κ3) is 8.89. The number of aliphatic hydroxyl groups is 1. The lowest BCUT2D eigenvalue weighted by Gasteiger charge is -2.32. The van der Waals surface area contributed by atoms with Crippen molar-refractivity contribution in [1.29, 1.82) is 0 Å². The summed E-state index contributed by atoms with van der Waals surface area (Å²) in [5.41, 5.74) is -0.604. The topological polar surface area (TPSA) is 99.1 Å². The van der Waals surface area contributed by atoms with Crippen molar-refractivity contribution in [2.24, 2.45) is 5.92 Å². The van der Waals surface area contributed by atoms with Crippen molar-refractivity contribution in [2.45, 2.75) is 135 Å². The second-order valence-electron chi connectivity index (χ2n) is 10.8. The molecule has 32 heavy (non-hydrogen) atoms. The zero-order valence-electron chi connectivity index (χ0n) is 20.6. The predicted molar refractivity (Wildman–Crippen MR) is 126 cm³/mol. The Labute approximate surface area is 194 Å². The van der Waals surface area contributed by atoms with Crippen LogP contribution in [-0.4, -0.2) is 63.6 Å². The van der Waals surface area contributed by atoms with E-state index in [1.54, 1.807) is 20.8 Å². The summed E-state index contributed by atoms with van der Waals surface area (Å²) < 4.78 is 5.27. The highest BCUT2D eigenvalue weighted by Crippen LogP contribution is 2.26. The van der Waals surface area contributed by atoms with Gasteiger partial charge in [-0.25, -0.2) is 4.79 Å². The van der Waals surface area contributed by atoms with Gasteiger partial charge in [0.1, 0.15) is 5.60 Å². The molecular formula is C25H46N2O5. The van der Waals surface area contributed by atoms with E-state index in [9.17, 15) is 14.7 Å². The first kappa shape index (κ1) is 26.9. The normalized spacial score (nSPS) is 24.9. The van der Waals surface area contributed by atoms with E-state index in [4.69, 9.17) is 9.84 Å². The van der Waals surface area contributed by atoms with Gasteiger partial charge in [-0.2, -0.15) is 0 Å². The summed E-state index contributed by atoms with van der Waals surface area (Å²) in [6.07, 6.45) is 14.3. The van der Waals surface area contributed by atoms with E-state index in [0.717, 1.165) is 18.5 Å². The number of aliphatic carboxylic acids is 1. The Bertz CT molecular complexity index is 563. The molecule has 1 saturated heterocycles. The first-order chi connectivity index (χ1) is 15.1. The number of aliphatic hydroxyl groups excluding tert-OH is 1. The van der Waals surface area contributed by atoms with Gasteiger partial charge in [0.25, 0.3) is 0 Å². The molecule has 7 nitrogen and oxygen atoms in total. The standard InChI is InChI=1S/C13H23NO5.C12H23N/c1-8(11(16)17)10(15)9-6-5-7-14(9)12(18)19-13(2,3)4;1-3-7-11(8-4-1)13-12-9-5-2-6-10-12/h8-10,15H,5-7H2,1-4H3,(H,16,17);11-13H,1-10H2/t8-,9+,10-;/m1./s1. The molecule has 1 aliphatic heterocycles. The number of ether oxygens (including phenoxy) is 1. The van der Waals surface area contributed by atoms with E-state index in [0.29, 0.717) is 13.0 Å². The molecule has 3 atom stereocenters. The molecule has 3 fully saturated rings. The van der Waals surface area contributed by atoms with Crippen molar-refractivity contribution < 1.29 is 24.5 Å². The summed E-state index contributed by atoms with van der Waals surface area (Å²) in [6.45, 7) is 7.24. The maximum absolute atomic E-state index is 12.0. The molecule has 0 aromatic heterocycles. The minimum Gasteiger partial charge on any atom is -0.481 e. The molecule has 3 N–H and O–H groups in total. The zero-order chi connectivity index (χ0) is 23.7. The summed E-state index contributed by atoms with van der Waals surface area (Å²) in [5.74, 6) is -1.98. The van der Waals surface area contributed by atoms with Crippen LogP contribution in [0.5, 0.6) is 0 Å². The maximum Gasteiger partial charge on any atom is 0.410 e. The predicted octanol–water partition coefficient (Wildman–Crippen LogP) is 4.71. The Morgan fingerprint density at radius 3 is 1.84 bits per heavy atom. The number of nitrogens with zero attached hydrogens (tertiary/aromatic N) is 1. The highest BCUT2D eigenvalue weighted by molar-refractivity contribution is 5.71. The molecule has 2 saturated carbocycles. The monoisotopic (exact) mass is 454 g/mol. The number of hydrogen-bond acceptors (Lipinski definition) is 5. The Morgan fingerprint density at radius 2 is 1.41 bits per heavy atom.